The maximum absolute atomic E-state index is 13.4. The highest BCUT2D eigenvalue weighted by atomic mass is 35.5. The Labute approximate surface area is 223 Å². The molecule has 1 saturated heterocycles. The molecule has 37 heavy (non-hydrogen) atoms. The molecular weight excluding hydrogens is 498 g/mol. The maximum atomic E-state index is 13.4. The van der Waals surface area contributed by atoms with Crippen molar-refractivity contribution in [1.82, 2.24) is 14.9 Å². The van der Waals surface area contributed by atoms with Gasteiger partial charge in [0.1, 0.15) is 29.1 Å². The third kappa shape index (κ3) is 7.37. The molecule has 1 aromatic carbocycles. The van der Waals surface area contributed by atoms with E-state index in [-0.39, 0.29) is 29.4 Å². The fraction of sp³-hybridized carbons (Fsp3) is 0.630. The normalized spacial score (nSPS) is 20.3. The molecule has 9 nitrogen and oxygen atoms in total. The second kappa shape index (κ2) is 10.9. The number of carbonyl (C=O) groups is 2. The number of nitrogens with zero attached hydrogens (tertiary/aromatic N) is 3. The molecular formula is C27H38ClN3O6. The van der Waals surface area contributed by atoms with Gasteiger partial charge in [-0.05, 0) is 66.0 Å². The average Bonchev–Trinajstić information content (AvgIpc) is 3.09. The van der Waals surface area contributed by atoms with Gasteiger partial charge < -0.3 is 18.9 Å². The molecule has 1 aromatic heterocycles. The molecule has 2 heterocycles. The molecule has 1 aliphatic heterocycles. The smallest absolute Gasteiger partial charge is 0.411 e. The number of methoxy groups -OCH3 is 1. The van der Waals surface area contributed by atoms with E-state index in [1.807, 2.05) is 0 Å². The first-order valence-corrected chi connectivity index (χ1v) is 12.9. The van der Waals surface area contributed by atoms with Crippen molar-refractivity contribution < 1.29 is 28.5 Å². The second-order valence-corrected chi connectivity index (χ2v) is 12.1. The van der Waals surface area contributed by atoms with Crippen LogP contribution in [0.5, 0.6) is 11.6 Å². The molecule has 0 aliphatic carbocycles. The molecule has 0 unspecified atom stereocenters. The van der Waals surface area contributed by atoms with E-state index in [0.29, 0.717) is 23.2 Å². The summed E-state index contributed by atoms with van der Waals surface area (Å²) in [5, 5.41) is 0.0884. The van der Waals surface area contributed by atoms with Crippen LogP contribution in [0.1, 0.15) is 61.8 Å². The summed E-state index contributed by atoms with van der Waals surface area (Å²) in [5.41, 5.74) is -0.339. The van der Waals surface area contributed by atoms with Gasteiger partial charge in [0, 0.05) is 12.0 Å². The number of carbonyl (C=O) groups excluding carboxylic acids is 2. The first kappa shape index (κ1) is 28.8. The minimum absolute atomic E-state index is 0.0884. The number of esters is 1. The number of aromatic nitrogens is 2. The first-order valence-electron chi connectivity index (χ1n) is 12.5. The van der Waals surface area contributed by atoms with Crippen LogP contribution in [0.2, 0.25) is 5.15 Å². The Bertz CT molecular complexity index is 1140. The lowest BCUT2D eigenvalue weighted by Crippen LogP contribution is -2.48. The number of fused-ring (bicyclic) bond motifs is 1. The van der Waals surface area contributed by atoms with E-state index in [1.54, 1.807) is 66.9 Å². The van der Waals surface area contributed by atoms with Crippen molar-refractivity contribution in [2.24, 2.45) is 11.8 Å². The number of rotatable bonds is 6. The molecule has 3 atom stereocenters. The van der Waals surface area contributed by atoms with Gasteiger partial charge in [-0.1, -0.05) is 25.4 Å². The van der Waals surface area contributed by atoms with Crippen LogP contribution in [0.3, 0.4) is 0 Å². The van der Waals surface area contributed by atoms with Gasteiger partial charge in [-0.3, -0.25) is 4.90 Å². The van der Waals surface area contributed by atoms with Gasteiger partial charge in [0.05, 0.1) is 24.7 Å². The average molecular weight is 536 g/mol. The van der Waals surface area contributed by atoms with E-state index in [9.17, 15) is 9.59 Å². The van der Waals surface area contributed by atoms with Crippen molar-refractivity contribution in [2.75, 3.05) is 13.7 Å². The summed E-state index contributed by atoms with van der Waals surface area (Å²) in [7, 11) is 1.57. The lowest BCUT2D eigenvalue weighted by molar-refractivity contribution is -0.162. The minimum atomic E-state index is -0.895. The van der Waals surface area contributed by atoms with Crippen LogP contribution in [-0.4, -0.2) is 63.9 Å². The Hall–Kier alpha value is -2.81. The van der Waals surface area contributed by atoms with Gasteiger partial charge in [0.15, 0.2) is 5.15 Å². The summed E-state index contributed by atoms with van der Waals surface area (Å²) in [6.45, 7) is 14.9. The Morgan fingerprint density at radius 2 is 1.70 bits per heavy atom. The maximum Gasteiger partial charge on any atom is 0.411 e. The summed E-state index contributed by atoms with van der Waals surface area (Å²) < 4.78 is 23.0. The van der Waals surface area contributed by atoms with Crippen molar-refractivity contribution in [1.29, 1.82) is 0 Å². The van der Waals surface area contributed by atoms with E-state index in [0.717, 1.165) is 0 Å². The molecule has 1 amide bonds. The van der Waals surface area contributed by atoms with Gasteiger partial charge in [-0.15, -0.1) is 0 Å². The monoisotopic (exact) mass is 535 g/mol. The SMILES string of the molecule is COc1ccc2nc(Cl)c(O[C@H]3CN(C(=O)OC(C)(C)C)[C@H](C(=O)OC(C)(C)C)[C@@H]3CC(C)C)nc2c1. The van der Waals surface area contributed by atoms with Crippen LogP contribution in [0, 0.1) is 11.8 Å². The van der Waals surface area contributed by atoms with E-state index in [4.69, 9.17) is 30.5 Å². The van der Waals surface area contributed by atoms with E-state index >= 15 is 0 Å². The van der Waals surface area contributed by atoms with Gasteiger partial charge in [0.2, 0.25) is 0 Å². The fourth-order valence-corrected chi connectivity index (χ4v) is 4.52. The molecule has 10 heteroatoms. The van der Waals surface area contributed by atoms with Gasteiger partial charge in [-0.2, -0.15) is 0 Å². The molecule has 0 spiro atoms. The molecule has 0 radical (unpaired) electrons. The summed E-state index contributed by atoms with van der Waals surface area (Å²) in [6.07, 6.45) is -0.605. The summed E-state index contributed by atoms with van der Waals surface area (Å²) in [5.74, 6) is 0.0590. The quantitative estimate of drug-likeness (QED) is 0.437. The summed E-state index contributed by atoms with van der Waals surface area (Å²) in [6, 6.07) is 4.38. The number of halogens is 1. The third-order valence-electron chi connectivity index (χ3n) is 5.68. The highest BCUT2D eigenvalue weighted by molar-refractivity contribution is 6.31. The predicted octanol–water partition coefficient (Wildman–Crippen LogP) is 5.66. The third-order valence-corrected chi connectivity index (χ3v) is 5.92. The van der Waals surface area contributed by atoms with Crippen LogP contribution in [0.4, 0.5) is 4.79 Å². The van der Waals surface area contributed by atoms with Crippen molar-refractivity contribution in [2.45, 2.75) is 85.2 Å². The largest absolute Gasteiger partial charge is 0.497 e. The van der Waals surface area contributed by atoms with E-state index < -0.39 is 35.4 Å². The molecule has 2 aromatic rings. The molecule has 204 valence electrons. The zero-order valence-corrected chi connectivity index (χ0v) is 23.9. The number of hydrogen-bond donors (Lipinski definition) is 0. The van der Waals surface area contributed by atoms with Gasteiger partial charge in [0.25, 0.3) is 5.88 Å². The lowest BCUT2D eigenvalue weighted by Gasteiger charge is -2.31. The molecule has 1 fully saturated rings. The van der Waals surface area contributed by atoms with Crippen molar-refractivity contribution >= 4 is 34.7 Å². The van der Waals surface area contributed by atoms with Crippen molar-refractivity contribution in [3.63, 3.8) is 0 Å². The zero-order valence-electron chi connectivity index (χ0n) is 23.1. The zero-order chi connectivity index (χ0) is 27.7. The highest BCUT2D eigenvalue weighted by Gasteiger charge is 2.52. The van der Waals surface area contributed by atoms with Crippen LogP contribution in [-0.2, 0) is 14.3 Å². The molecule has 3 rings (SSSR count). The Kier molecular flexibility index (Phi) is 8.47. The van der Waals surface area contributed by atoms with Gasteiger partial charge >= 0.3 is 12.1 Å². The number of hydrogen-bond acceptors (Lipinski definition) is 8. The van der Waals surface area contributed by atoms with Crippen LogP contribution in [0.25, 0.3) is 11.0 Å². The topological polar surface area (TPSA) is 100 Å². The fourth-order valence-electron chi connectivity index (χ4n) is 4.34. The van der Waals surface area contributed by atoms with Crippen LogP contribution in [0.15, 0.2) is 18.2 Å². The van der Waals surface area contributed by atoms with Crippen LogP contribution < -0.4 is 9.47 Å². The number of ether oxygens (including phenoxy) is 4. The Morgan fingerprint density at radius 3 is 2.27 bits per heavy atom. The molecule has 0 N–H and O–H groups in total. The first-order chi connectivity index (χ1) is 17.1. The van der Waals surface area contributed by atoms with E-state index in [1.165, 1.54) is 4.90 Å². The van der Waals surface area contributed by atoms with E-state index in [2.05, 4.69) is 23.8 Å². The van der Waals surface area contributed by atoms with Crippen LogP contribution >= 0.6 is 11.6 Å². The summed E-state index contributed by atoms with van der Waals surface area (Å²) >= 11 is 6.45. The standard InChI is InChI=1S/C27H38ClN3O6/c1-15(2)12-17-20(35-23-22(28)29-18-11-10-16(34-9)13-19(18)30-23)14-31(25(33)37-27(6,7)8)21(17)24(32)36-26(3,4)5/h10-11,13,15,17,20-21H,12,14H2,1-9H3/t17-,20+,21+/m1/s1. The summed E-state index contributed by atoms with van der Waals surface area (Å²) in [4.78, 5) is 37.1. The lowest BCUT2D eigenvalue weighted by atomic mass is 9.88. The van der Waals surface area contributed by atoms with Crippen molar-refractivity contribution in [3.8, 4) is 11.6 Å². The Morgan fingerprint density at radius 1 is 1.05 bits per heavy atom. The molecule has 0 bridgehead atoms. The number of likely N-dealkylation sites (tertiary alicyclic amines) is 1. The predicted molar refractivity (Wildman–Crippen MR) is 141 cm³/mol. The Balaban J connectivity index is 2.02. The molecule has 0 saturated carbocycles. The minimum Gasteiger partial charge on any atom is -0.497 e. The molecule has 1 aliphatic rings. The number of amides is 1. The highest BCUT2D eigenvalue weighted by Crippen LogP contribution is 2.37. The number of benzene rings is 1. The van der Waals surface area contributed by atoms with Gasteiger partial charge in [-0.25, -0.2) is 19.6 Å². The van der Waals surface area contributed by atoms with Crippen molar-refractivity contribution in [3.05, 3.63) is 23.4 Å². The second-order valence-electron chi connectivity index (χ2n) is 11.7.